The van der Waals surface area contributed by atoms with E-state index in [0.717, 1.165) is 12.8 Å². The van der Waals surface area contributed by atoms with Crippen LogP contribution in [-0.4, -0.2) is 21.0 Å². The van der Waals surface area contributed by atoms with Crippen LogP contribution in [0.5, 0.6) is 0 Å². The average Bonchev–Trinajstić information content (AvgIpc) is 2.29. The molecule has 0 aliphatic rings. The van der Waals surface area contributed by atoms with Crippen LogP contribution < -0.4 is 15.8 Å². The zero-order valence-electron chi connectivity index (χ0n) is 10.1. The quantitative estimate of drug-likeness (QED) is 0.702. The molecule has 18 heavy (non-hydrogen) atoms. The molecule has 2 amide bonds. The highest BCUT2D eigenvalue weighted by molar-refractivity contribution is 7.89. The highest BCUT2D eigenvalue weighted by atomic mass is 32.2. The standard InChI is InChI=1S/C11H17N3O3S/c1-2-3-8-13-11(15)14-9-4-6-10(7-5-9)18(12,16)17/h4-7H,2-3,8H2,1H3,(H2,12,16,17)(H2,13,14,15). The van der Waals surface area contributed by atoms with Gasteiger partial charge in [0.1, 0.15) is 0 Å². The molecule has 1 rings (SSSR count). The van der Waals surface area contributed by atoms with Crippen LogP contribution in [0.15, 0.2) is 29.2 Å². The molecular formula is C11H17N3O3S. The molecule has 0 aliphatic carbocycles. The molecule has 0 atom stereocenters. The van der Waals surface area contributed by atoms with Crippen molar-refractivity contribution in [2.75, 3.05) is 11.9 Å². The van der Waals surface area contributed by atoms with Gasteiger partial charge in [-0.15, -0.1) is 0 Å². The van der Waals surface area contributed by atoms with Gasteiger partial charge in [0.25, 0.3) is 0 Å². The first-order valence-electron chi connectivity index (χ1n) is 5.61. The SMILES string of the molecule is CCCCNC(=O)Nc1ccc(S(N)(=O)=O)cc1. The third kappa shape index (κ3) is 4.72. The minimum absolute atomic E-state index is 0.0134. The number of amides is 2. The maximum atomic E-state index is 11.4. The number of hydrogen-bond acceptors (Lipinski definition) is 3. The van der Waals surface area contributed by atoms with Crippen LogP contribution in [0.25, 0.3) is 0 Å². The summed E-state index contributed by atoms with van der Waals surface area (Å²) in [5.74, 6) is 0. The van der Waals surface area contributed by atoms with Crippen LogP contribution >= 0.6 is 0 Å². The normalized spacial score (nSPS) is 11.0. The van der Waals surface area contributed by atoms with Gasteiger partial charge in [-0.3, -0.25) is 0 Å². The van der Waals surface area contributed by atoms with E-state index in [1.807, 2.05) is 6.92 Å². The van der Waals surface area contributed by atoms with E-state index in [4.69, 9.17) is 5.14 Å². The number of anilines is 1. The second-order valence-corrected chi connectivity index (χ2v) is 5.37. The van der Waals surface area contributed by atoms with Crippen molar-refractivity contribution in [2.24, 2.45) is 5.14 Å². The molecule has 4 N–H and O–H groups in total. The minimum atomic E-state index is -3.69. The number of sulfonamides is 1. The number of unbranched alkanes of at least 4 members (excludes halogenated alkanes) is 1. The van der Waals surface area contributed by atoms with Crippen molar-refractivity contribution >= 4 is 21.7 Å². The lowest BCUT2D eigenvalue weighted by atomic mass is 10.3. The number of carbonyl (C=O) groups is 1. The lowest BCUT2D eigenvalue weighted by Crippen LogP contribution is -2.29. The molecular weight excluding hydrogens is 254 g/mol. The van der Waals surface area contributed by atoms with E-state index in [1.165, 1.54) is 24.3 Å². The van der Waals surface area contributed by atoms with E-state index in [0.29, 0.717) is 12.2 Å². The highest BCUT2D eigenvalue weighted by Crippen LogP contribution is 2.12. The Hall–Kier alpha value is -1.60. The maximum absolute atomic E-state index is 11.4. The molecule has 0 unspecified atom stereocenters. The number of nitrogens with two attached hydrogens (primary N) is 1. The van der Waals surface area contributed by atoms with E-state index >= 15 is 0 Å². The molecule has 0 bridgehead atoms. The summed E-state index contributed by atoms with van der Waals surface area (Å²) in [5.41, 5.74) is 0.511. The fourth-order valence-electron chi connectivity index (χ4n) is 1.28. The highest BCUT2D eigenvalue weighted by Gasteiger charge is 2.07. The van der Waals surface area contributed by atoms with Gasteiger partial charge in [-0.25, -0.2) is 18.4 Å². The molecule has 100 valence electrons. The van der Waals surface area contributed by atoms with Gasteiger partial charge in [-0.2, -0.15) is 0 Å². The van der Waals surface area contributed by atoms with E-state index in [-0.39, 0.29) is 10.9 Å². The summed E-state index contributed by atoms with van der Waals surface area (Å²) >= 11 is 0. The number of urea groups is 1. The van der Waals surface area contributed by atoms with E-state index in [1.54, 1.807) is 0 Å². The summed E-state index contributed by atoms with van der Waals surface area (Å²) in [6.45, 7) is 2.64. The molecule has 6 nitrogen and oxygen atoms in total. The molecule has 0 aliphatic heterocycles. The van der Waals surface area contributed by atoms with Crippen LogP contribution in [0, 0.1) is 0 Å². The van der Waals surface area contributed by atoms with Crippen LogP contribution in [0.4, 0.5) is 10.5 Å². The Balaban J connectivity index is 2.56. The summed E-state index contributed by atoms with van der Waals surface area (Å²) in [7, 11) is -3.69. The summed E-state index contributed by atoms with van der Waals surface area (Å²) in [4.78, 5) is 11.4. The second-order valence-electron chi connectivity index (χ2n) is 3.80. The molecule has 0 saturated carbocycles. The molecule has 0 radical (unpaired) electrons. The number of carbonyl (C=O) groups excluding carboxylic acids is 1. The fourth-order valence-corrected chi connectivity index (χ4v) is 1.80. The van der Waals surface area contributed by atoms with Crippen LogP contribution in [0.2, 0.25) is 0 Å². The van der Waals surface area contributed by atoms with Crippen molar-refractivity contribution in [1.82, 2.24) is 5.32 Å². The van der Waals surface area contributed by atoms with Crippen molar-refractivity contribution in [2.45, 2.75) is 24.7 Å². The lowest BCUT2D eigenvalue weighted by molar-refractivity contribution is 0.252. The molecule has 0 saturated heterocycles. The lowest BCUT2D eigenvalue weighted by Gasteiger charge is -2.07. The first-order valence-corrected chi connectivity index (χ1v) is 7.16. The smallest absolute Gasteiger partial charge is 0.319 e. The van der Waals surface area contributed by atoms with Gasteiger partial charge in [0.15, 0.2) is 0 Å². The molecule has 0 heterocycles. The molecule has 1 aromatic carbocycles. The van der Waals surface area contributed by atoms with Gasteiger partial charge in [0, 0.05) is 12.2 Å². The predicted molar refractivity (Wildman–Crippen MR) is 69.7 cm³/mol. The van der Waals surface area contributed by atoms with Gasteiger partial charge < -0.3 is 10.6 Å². The third-order valence-corrected chi connectivity index (χ3v) is 3.19. The summed E-state index contributed by atoms with van der Waals surface area (Å²) in [5, 5.41) is 10.2. The Bertz CT molecular complexity index is 497. The Morgan fingerprint density at radius 1 is 1.28 bits per heavy atom. The van der Waals surface area contributed by atoms with Gasteiger partial charge in [-0.05, 0) is 30.7 Å². The van der Waals surface area contributed by atoms with E-state index < -0.39 is 10.0 Å². The predicted octanol–water partition coefficient (Wildman–Crippen LogP) is 1.26. The molecule has 1 aromatic rings. The van der Waals surface area contributed by atoms with E-state index in [9.17, 15) is 13.2 Å². The topological polar surface area (TPSA) is 101 Å². The molecule has 0 spiro atoms. The first-order chi connectivity index (χ1) is 8.43. The zero-order chi connectivity index (χ0) is 13.6. The van der Waals surface area contributed by atoms with Gasteiger partial charge >= 0.3 is 6.03 Å². The Morgan fingerprint density at radius 2 is 1.89 bits per heavy atom. The Kier molecular flexibility index (Phi) is 5.11. The van der Waals surface area contributed by atoms with Crippen LogP contribution in [0.3, 0.4) is 0 Å². The third-order valence-electron chi connectivity index (χ3n) is 2.26. The summed E-state index contributed by atoms with van der Waals surface area (Å²) in [6, 6.07) is 5.35. The van der Waals surface area contributed by atoms with Crippen LogP contribution in [-0.2, 0) is 10.0 Å². The van der Waals surface area contributed by atoms with Crippen molar-refractivity contribution in [3.05, 3.63) is 24.3 Å². The summed E-state index contributed by atoms with van der Waals surface area (Å²) in [6.07, 6.45) is 1.92. The number of benzene rings is 1. The monoisotopic (exact) mass is 271 g/mol. The number of rotatable bonds is 5. The van der Waals surface area contributed by atoms with Crippen molar-refractivity contribution in [3.63, 3.8) is 0 Å². The Labute approximate surface area is 107 Å². The summed E-state index contributed by atoms with van der Waals surface area (Å²) < 4.78 is 22.0. The van der Waals surface area contributed by atoms with Crippen molar-refractivity contribution in [1.29, 1.82) is 0 Å². The number of hydrogen-bond donors (Lipinski definition) is 3. The largest absolute Gasteiger partial charge is 0.338 e. The van der Waals surface area contributed by atoms with Gasteiger partial charge in [0.05, 0.1) is 4.90 Å². The molecule has 0 fully saturated rings. The number of primary sulfonamides is 1. The van der Waals surface area contributed by atoms with Crippen LogP contribution in [0.1, 0.15) is 19.8 Å². The average molecular weight is 271 g/mol. The fraction of sp³-hybridized carbons (Fsp3) is 0.364. The van der Waals surface area contributed by atoms with Crippen molar-refractivity contribution in [3.8, 4) is 0 Å². The molecule has 0 aromatic heterocycles. The van der Waals surface area contributed by atoms with Gasteiger partial charge in [-0.1, -0.05) is 13.3 Å². The number of nitrogens with one attached hydrogen (secondary N) is 2. The minimum Gasteiger partial charge on any atom is -0.338 e. The Morgan fingerprint density at radius 3 is 2.39 bits per heavy atom. The van der Waals surface area contributed by atoms with Gasteiger partial charge in [0.2, 0.25) is 10.0 Å². The first kappa shape index (κ1) is 14.5. The van der Waals surface area contributed by atoms with E-state index in [2.05, 4.69) is 10.6 Å². The molecule has 7 heteroatoms. The van der Waals surface area contributed by atoms with Crippen molar-refractivity contribution < 1.29 is 13.2 Å². The maximum Gasteiger partial charge on any atom is 0.319 e. The second kappa shape index (κ2) is 6.36. The zero-order valence-corrected chi connectivity index (χ0v) is 11.0.